The quantitative estimate of drug-likeness (QED) is 0.673. The molecule has 154 valence electrons. The number of piperazine rings is 1. The summed E-state index contributed by atoms with van der Waals surface area (Å²) in [4.78, 5) is 29.0. The molecule has 2 aromatic carbocycles. The SMILES string of the molecule is COC(=O)C(c1ccccc1Cl)N1CCN(C(=O)c2cc(C)cc(Br)c2O)CC1. The highest BCUT2D eigenvalue weighted by molar-refractivity contribution is 9.10. The number of phenolic OH excluding ortho intramolecular Hbond substituents is 1. The number of phenols is 1. The lowest BCUT2D eigenvalue weighted by Gasteiger charge is -2.38. The number of methoxy groups -OCH3 is 1. The summed E-state index contributed by atoms with van der Waals surface area (Å²) in [6, 6.07) is 9.99. The molecule has 6 nitrogen and oxygen atoms in total. The molecular weight excluding hydrogens is 460 g/mol. The van der Waals surface area contributed by atoms with Gasteiger partial charge in [0.1, 0.15) is 11.8 Å². The molecule has 0 radical (unpaired) electrons. The van der Waals surface area contributed by atoms with Crippen LogP contribution in [0, 0.1) is 6.92 Å². The van der Waals surface area contributed by atoms with E-state index in [4.69, 9.17) is 16.3 Å². The maximum atomic E-state index is 12.9. The second-order valence-corrected chi connectivity index (χ2v) is 8.18. The predicted molar refractivity (Wildman–Crippen MR) is 114 cm³/mol. The minimum atomic E-state index is -0.632. The molecule has 0 aromatic heterocycles. The van der Waals surface area contributed by atoms with Crippen LogP contribution in [0.4, 0.5) is 0 Å². The number of hydrogen-bond donors (Lipinski definition) is 1. The molecular formula is C21H22BrClN2O4. The van der Waals surface area contributed by atoms with Crippen molar-refractivity contribution in [3.8, 4) is 5.75 Å². The first-order valence-corrected chi connectivity index (χ1v) is 10.3. The summed E-state index contributed by atoms with van der Waals surface area (Å²) in [6.07, 6.45) is 0. The summed E-state index contributed by atoms with van der Waals surface area (Å²) in [5.41, 5.74) is 1.82. The molecule has 1 amide bonds. The van der Waals surface area contributed by atoms with Gasteiger partial charge in [0.25, 0.3) is 5.91 Å². The van der Waals surface area contributed by atoms with Gasteiger partial charge in [-0.3, -0.25) is 9.69 Å². The van der Waals surface area contributed by atoms with Gasteiger partial charge in [0.15, 0.2) is 0 Å². The minimum absolute atomic E-state index is 0.0634. The van der Waals surface area contributed by atoms with Crippen molar-refractivity contribution in [2.24, 2.45) is 0 Å². The molecule has 1 fully saturated rings. The number of esters is 1. The second-order valence-electron chi connectivity index (χ2n) is 6.92. The number of ether oxygens (including phenoxy) is 1. The Balaban J connectivity index is 1.77. The molecule has 1 aliphatic heterocycles. The highest BCUT2D eigenvalue weighted by Crippen LogP contribution is 2.32. The van der Waals surface area contributed by atoms with Crippen LogP contribution in [0.5, 0.6) is 5.75 Å². The van der Waals surface area contributed by atoms with E-state index < -0.39 is 12.0 Å². The molecule has 0 aliphatic carbocycles. The summed E-state index contributed by atoms with van der Waals surface area (Å²) >= 11 is 9.60. The summed E-state index contributed by atoms with van der Waals surface area (Å²) < 4.78 is 5.49. The predicted octanol–water partition coefficient (Wildman–Crippen LogP) is 3.79. The van der Waals surface area contributed by atoms with Crippen molar-refractivity contribution in [1.29, 1.82) is 0 Å². The van der Waals surface area contributed by atoms with Crippen molar-refractivity contribution < 1.29 is 19.4 Å². The lowest BCUT2D eigenvalue weighted by Crippen LogP contribution is -2.51. The Labute approximate surface area is 183 Å². The van der Waals surface area contributed by atoms with Gasteiger partial charge in [0.2, 0.25) is 0 Å². The molecule has 1 N–H and O–H groups in total. The molecule has 3 rings (SSSR count). The Morgan fingerprint density at radius 2 is 1.83 bits per heavy atom. The monoisotopic (exact) mass is 480 g/mol. The van der Waals surface area contributed by atoms with E-state index in [0.29, 0.717) is 41.2 Å². The van der Waals surface area contributed by atoms with Crippen LogP contribution < -0.4 is 0 Å². The summed E-state index contributed by atoms with van der Waals surface area (Å²) in [5, 5.41) is 10.8. The maximum Gasteiger partial charge on any atom is 0.327 e. The molecule has 1 heterocycles. The number of halogens is 2. The van der Waals surface area contributed by atoms with Crippen LogP contribution in [-0.4, -0.2) is 60.1 Å². The zero-order valence-corrected chi connectivity index (χ0v) is 18.5. The highest BCUT2D eigenvalue weighted by atomic mass is 79.9. The Bertz CT molecular complexity index is 929. The lowest BCUT2D eigenvalue weighted by molar-refractivity contribution is -0.148. The van der Waals surface area contributed by atoms with Crippen molar-refractivity contribution in [1.82, 2.24) is 9.80 Å². The van der Waals surface area contributed by atoms with E-state index in [9.17, 15) is 14.7 Å². The molecule has 1 aliphatic rings. The van der Waals surface area contributed by atoms with Crippen LogP contribution in [0.1, 0.15) is 27.5 Å². The molecule has 1 unspecified atom stereocenters. The number of hydrogen-bond acceptors (Lipinski definition) is 5. The molecule has 29 heavy (non-hydrogen) atoms. The van der Waals surface area contributed by atoms with Crippen LogP contribution in [0.2, 0.25) is 5.02 Å². The fraction of sp³-hybridized carbons (Fsp3) is 0.333. The van der Waals surface area contributed by atoms with Gasteiger partial charge in [0.05, 0.1) is 17.1 Å². The Kier molecular flexibility index (Phi) is 6.82. The number of benzene rings is 2. The second kappa shape index (κ2) is 9.15. The Morgan fingerprint density at radius 3 is 2.45 bits per heavy atom. The molecule has 0 saturated carbocycles. The van der Waals surface area contributed by atoms with Crippen LogP contribution in [0.3, 0.4) is 0 Å². The van der Waals surface area contributed by atoms with Crippen LogP contribution in [0.25, 0.3) is 0 Å². The standard InChI is InChI=1S/C21H22BrClN2O4/c1-13-11-15(19(26)16(22)12-13)20(27)25-9-7-24(8-10-25)18(21(28)29-2)14-5-3-4-6-17(14)23/h3-6,11-12,18,26H,7-10H2,1-2H3. The van der Waals surface area contributed by atoms with Crippen molar-refractivity contribution in [2.75, 3.05) is 33.3 Å². The van der Waals surface area contributed by atoms with E-state index in [0.717, 1.165) is 5.56 Å². The normalized spacial score (nSPS) is 15.8. The Morgan fingerprint density at radius 1 is 1.17 bits per heavy atom. The van der Waals surface area contributed by atoms with E-state index in [1.165, 1.54) is 7.11 Å². The maximum absolute atomic E-state index is 12.9. The molecule has 1 saturated heterocycles. The summed E-state index contributed by atoms with van der Waals surface area (Å²) in [5.74, 6) is -0.691. The minimum Gasteiger partial charge on any atom is -0.506 e. The number of nitrogens with zero attached hydrogens (tertiary/aromatic N) is 2. The van der Waals surface area contributed by atoms with Gasteiger partial charge >= 0.3 is 5.97 Å². The van der Waals surface area contributed by atoms with Crippen LogP contribution in [-0.2, 0) is 9.53 Å². The number of amides is 1. The van der Waals surface area contributed by atoms with Gasteiger partial charge in [-0.05, 0) is 52.2 Å². The van der Waals surface area contributed by atoms with E-state index >= 15 is 0 Å². The summed E-state index contributed by atoms with van der Waals surface area (Å²) in [7, 11) is 1.35. The number of aromatic hydroxyl groups is 1. The smallest absolute Gasteiger partial charge is 0.327 e. The topological polar surface area (TPSA) is 70.1 Å². The largest absolute Gasteiger partial charge is 0.506 e. The van der Waals surface area contributed by atoms with Gasteiger partial charge < -0.3 is 14.7 Å². The van der Waals surface area contributed by atoms with Crippen molar-refractivity contribution >= 4 is 39.4 Å². The number of carbonyl (C=O) groups excluding carboxylic acids is 2. The van der Waals surface area contributed by atoms with E-state index in [1.807, 2.05) is 30.0 Å². The van der Waals surface area contributed by atoms with Gasteiger partial charge in [0, 0.05) is 31.2 Å². The van der Waals surface area contributed by atoms with Crippen molar-refractivity contribution in [2.45, 2.75) is 13.0 Å². The molecule has 0 spiro atoms. The third-order valence-corrected chi connectivity index (χ3v) is 5.98. The fourth-order valence-electron chi connectivity index (χ4n) is 3.53. The van der Waals surface area contributed by atoms with Crippen molar-refractivity contribution in [3.05, 3.63) is 62.6 Å². The van der Waals surface area contributed by atoms with Crippen LogP contribution in [0.15, 0.2) is 40.9 Å². The first-order chi connectivity index (χ1) is 13.8. The average molecular weight is 482 g/mol. The number of carbonyl (C=O) groups is 2. The highest BCUT2D eigenvalue weighted by Gasteiger charge is 2.34. The zero-order valence-electron chi connectivity index (χ0n) is 16.2. The van der Waals surface area contributed by atoms with E-state index in [-0.39, 0.29) is 17.2 Å². The zero-order chi connectivity index (χ0) is 21.1. The molecule has 2 aromatic rings. The van der Waals surface area contributed by atoms with Gasteiger partial charge in [-0.1, -0.05) is 29.8 Å². The molecule has 0 bridgehead atoms. The first-order valence-electron chi connectivity index (χ1n) is 9.18. The van der Waals surface area contributed by atoms with E-state index in [2.05, 4.69) is 15.9 Å². The lowest BCUT2D eigenvalue weighted by atomic mass is 10.0. The van der Waals surface area contributed by atoms with Gasteiger partial charge in [-0.2, -0.15) is 0 Å². The Hall–Kier alpha value is -2.09. The summed E-state index contributed by atoms with van der Waals surface area (Å²) in [6.45, 7) is 3.65. The number of aryl methyl sites for hydroxylation is 1. The fourth-order valence-corrected chi connectivity index (χ4v) is 4.35. The van der Waals surface area contributed by atoms with E-state index in [1.54, 1.807) is 23.1 Å². The first kappa shape index (κ1) is 21.6. The molecule has 8 heteroatoms. The average Bonchev–Trinajstić information content (AvgIpc) is 2.72. The van der Waals surface area contributed by atoms with Gasteiger partial charge in [-0.25, -0.2) is 4.79 Å². The van der Waals surface area contributed by atoms with Crippen molar-refractivity contribution in [3.63, 3.8) is 0 Å². The number of rotatable bonds is 4. The third-order valence-electron chi connectivity index (χ3n) is 5.03. The molecule has 1 atom stereocenters. The van der Waals surface area contributed by atoms with Gasteiger partial charge in [-0.15, -0.1) is 0 Å². The third kappa shape index (κ3) is 4.57. The van der Waals surface area contributed by atoms with Crippen LogP contribution >= 0.6 is 27.5 Å².